The number of hydrogen-bond donors (Lipinski definition) is 1. The number of aromatic amines is 1. The monoisotopic (exact) mass is 353 g/mol. The van der Waals surface area contributed by atoms with E-state index in [0.29, 0.717) is 0 Å². The number of fused-ring (bicyclic) bond motifs is 1. The molecule has 0 saturated carbocycles. The summed E-state index contributed by atoms with van der Waals surface area (Å²) in [5, 5.41) is 2.79. The normalized spacial score (nSPS) is 15.8. The summed E-state index contributed by atoms with van der Waals surface area (Å²) >= 11 is 1.56. The Kier molecular flexibility index (Phi) is 4.44. The molecule has 0 radical (unpaired) electrons. The molecule has 3 heterocycles. The fraction of sp³-hybridized carbons (Fsp3) is 0.400. The first kappa shape index (κ1) is 16.5. The Balaban J connectivity index is 1.74. The van der Waals surface area contributed by atoms with Crippen LogP contribution >= 0.6 is 11.3 Å². The third-order valence-corrected chi connectivity index (χ3v) is 5.87. The first-order valence-corrected chi connectivity index (χ1v) is 9.80. The second-order valence-electron chi connectivity index (χ2n) is 7.00. The fourth-order valence-corrected chi connectivity index (χ4v) is 4.58. The highest BCUT2D eigenvalue weighted by atomic mass is 32.1. The number of aryl methyl sites for hydroxylation is 2. The van der Waals surface area contributed by atoms with Crippen molar-refractivity contribution < 1.29 is 0 Å². The molecule has 3 aromatic rings. The van der Waals surface area contributed by atoms with Gasteiger partial charge in [0.1, 0.15) is 10.7 Å². The van der Waals surface area contributed by atoms with Crippen LogP contribution in [0.2, 0.25) is 0 Å². The molecule has 0 aliphatic carbocycles. The van der Waals surface area contributed by atoms with Gasteiger partial charge in [-0.1, -0.05) is 30.2 Å². The number of nitrogens with zero attached hydrogens (tertiary/aromatic N) is 2. The van der Waals surface area contributed by atoms with Crippen molar-refractivity contribution in [1.29, 1.82) is 0 Å². The highest BCUT2D eigenvalue weighted by Gasteiger charge is 2.16. The van der Waals surface area contributed by atoms with Crippen molar-refractivity contribution in [1.82, 2.24) is 14.9 Å². The van der Waals surface area contributed by atoms with Gasteiger partial charge in [0.15, 0.2) is 0 Å². The van der Waals surface area contributed by atoms with Crippen molar-refractivity contribution >= 4 is 21.6 Å². The zero-order valence-electron chi connectivity index (χ0n) is 14.8. The van der Waals surface area contributed by atoms with Gasteiger partial charge >= 0.3 is 0 Å². The molecule has 5 heteroatoms. The highest BCUT2D eigenvalue weighted by Crippen LogP contribution is 2.33. The Morgan fingerprint density at radius 2 is 1.96 bits per heavy atom. The number of aromatic nitrogens is 2. The lowest BCUT2D eigenvalue weighted by molar-refractivity contribution is 0.216. The van der Waals surface area contributed by atoms with Crippen LogP contribution in [0.1, 0.15) is 36.2 Å². The number of nitrogens with one attached hydrogen (secondary N) is 1. The summed E-state index contributed by atoms with van der Waals surface area (Å²) in [5.74, 6) is 0.786. The average Bonchev–Trinajstić information content (AvgIpc) is 3.02. The lowest BCUT2D eigenvalue weighted by atomic mass is 9.99. The molecule has 1 fully saturated rings. The molecule has 130 valence electrons. The topological polar surface area (TPSA) is 49.0 Å². The van der Waals surface area contributed by atoms with E-state index in [0.717, 1.165) is 46.8 Å². The van der Waals surface area contributed by atoms with Crippen LogP contribution in [-0.2, 0) is 6.54 Å². The second-order valence-corrected chi connectivity index (χ2v) is 7.86. The maximum atomic E-state index is 12.8. The summed E-state index contributed by atoms with van der Waals surface area (Å²) in [5.41, 5.74) is 4.49. The van der Waals surface area contributed by atoms with Crippen LogP contribution in [0.3, 0.4) is 0 Å². The molecular weight excluding hydrogens is 330 g/mol. The Bertz CT molecular complexity index is 967. The number of hydrogen-bond acceptors (Lipinski definition) is 4. The third-order valence-electron chi connectivity index (χ3n) is 5.00. The molecule has 0 spiro atoms. The van der Waals surface area contributed by atoms with Gasteiger partial charge in [0, 0.05) is 10.9 Å². The molecule has 1 aliphatic rings. The van der Waals surface area contributed by atoms with Crippen LogP contribution in [0.4, 0.5) is 0 Å². The van der Waals surface area contributed by atoms with Gasteiger partial charge in [-0.15, -0.1) is 11.3 Å². The van der Waals surface area contributed by atoms with Gasteiger partial charge in [0.2, 0.25) is 0 Å². The number of H-pyrrole nitrogens is 1. The first-order chi connectivity index (χ1) is 12.1. The Labute approximate surface area is 151 Å². The Morgan fingerprint density at radius 1 is 1.16 bits per heavy atom. The van der Waals surface area contributed by atoms with Crippen LogP contribution in [-0.4, -0.2) is 28.0 Å². The van der Waals surface area contributed by atoms with E-state index in [2.05, 4.69) is 47.3 Å². The second kappa shape index (κ2) is 6.73. The van der Waals surface area contributed by atoms with Gasteiger partial charge in [0.05, 0.1) is 11.9 Å². The maximum Gasteiger partial charge on any atom is 0.260 e. The molecule has 1 aromatic carbocycles. The van der Waals surface area contributed by atoms with Gasteiger partial charge in [-0.05, 0) is 50.9 Å². The van der Waals surface area contributed by atoms with Crippen molar-refractivity contribution in [3.8, 4) is 11.1 Å². The molecule has 4 rings (SSSR count). The molecule has 0 unspecified atom stereocenters. The molecule has 1 N–H and O–H groups in total. The molecule has 0 bridgehead atoms. The predicted octanol–water partition coefficient (Wildman–Crippen LogP) is 4.25. The number of piperidine rings is 1. The number of thiophene rings is 1. The van der Waals surface area contributed by atoms with Crippen molar-refractivity contribution in [2.75, 3.05) is 13.1 Å². The van der Waals surface area contributed by atoms with Gasteiger partial charge in [-0.2, -0.15) is 0 Å². The molecule has 2 aromatic heterocycles. The Morgan fingerprint density at radius 3 is 2.76 bits per heavy atom. The zero-order valence-corrected chi connectivity index (χ0v) is 15.6. The number of likely N-dealkylation sites (tertiary alicyclic amines) is 1. The summed E-state index contributed by atoms with van der Waals surface area (Å²) in [4.78, 5) is 23.8. The SMILES string of the molecule is Cc1ccc(C)c(-c2csc3nc(CN4CCCCC4)[nH]c(=O)c23)c1. The molecular formula is C20H23N3OS. The van der Waals surface area contributed by atoms with E-state index < -0.39 is 0 Å². The molecule has 1 saturated heterocycles. The summed E-state index contributed by atoms with van der Waals surface area (Å²) in [7, 11) is 0. The summed E-state index contributed by atoms with van der Waals surface area (Å²) in [6.45, 7) is 7.10. The molecule has 4 nitrogen and oxygen atoms in total. The van der Waals surface area contributed by atoms with Crippen LogP contribution < -0.4 is 5.56 Å². The van der Waals surface area contributed by atoms with Crippen LogP contribution in [0.5, 0.6) is 0 Å². The standard InChI is InChI=1S/C20H23N3OS/c1-13-6-7-14(2)15(10-13)16-12-25-20-18(16)19(24)21-17(22-20)11-23-8-4-3-5-9-23/h6-7,10,12H,3-5,8-9,11H2,1-2H3,(H,21,22,24). The van der Waals surface area contributed by atoms with Crippen molar-refractivity contribution in [3.05, 3.63) is 50.9 Å². The van der Waals surface area contributed by atoms with Crippen LogP contribution in [0.15, 0.2) is 28.4 Å². The zero-order chi connectivity index (χ0) is 17.4. The van der Waals surface area contributed by atoms with Crippen molar-refractivity contribution in [3.63, 3.8) is 0 Å². The minimum atomic E-state index is -0.0193. The minimum absolute atomic E-state index is 0.0193. The molecule has 1 aliphatic heterocycles. The van der Waals surface area contributed by atoms with Crippen molar-refractivity contribution in [2.45, 2.75) is 39.7 Å². The first-order valence-electron chi connectivity index (χ1n) is 8.92. The fourth-order valence-electron chi connectivity index (χ4n) is 3.62. The summed E-state index contributed by atoms with van der Waals surface area (Å²) in [6.07, 6.45) is 3.79. The average molecular weight is 353 g/mol. The molecule has 0 atom stereocenters. The van der Waals surface area contributed by atoms with Crippen LogP contribution in [0.25, 0.3) is 21.3 Å². The lowest BCUT2D eigenvalue weighted by Gasteiger charge is -2.25. The van der Waals surface area contributed by atoms with Gasteiger partial charge < -0.3 is 4.98 Å². The molecule has 25 heavy (non-hydrogen) atoms. The maximum absolute atomic E-state index is 12.8. The van der Waals surface area contributed by atoms with E-state index in [1.165, 1.54) is 30.4 Å². The van der Waals surface area contributed by atoms with Crippen LogP contribution in [0, 0.1) is 13.8 Å². The van der Waals surface area contributed by atoms with Gasteiger partial charge in [-0.3, -0.25) is 9.69 Å². The van der Waals surface area contributed by atoms with E-state index in [1.807, 2.05) is 0 Å². The van der Waals surface area contributed by atoms with Gasteiger partial charge in [-0.25, -0.2) is 4.98 Å². The van der Waals surface area contributed by atoms with E-state index in [9.17, 15) is 4.79 Å². The van der Waals surface area contributed by atoms with E-state index >= 15 is 0 Å². The third kappa shape index (κ3) is 3.26. The Hall–Kier alpha value is -1.98. The number of benzene rings is 1. The predicted molar refractivity (Wildman–Crippen MR) is 104 cm³/mol. The van der Waals surface area contributed by atoms with Gasteiger partial charge in [0.25, 0.3) is 5.56 Å². The summed E-state index contributed by atoms with van der Waals surface area (Å²) < 4.78 is 0. The highest BCUT2D eigenvalue weighted by molar-refractivity contribution is 7.17. The molecule has 0 amide bonds. The smallest absolute Gasteiger partial charge is 0.260 e. The summed E-state index contributed by atoms with van der Waals surface area (Å²) in [6, 6.07) is 6.37. The van der Waals surface area contributed by atoms with E-state index in [-0.39, 0.29) is 5.56 Å². The van der Waals surface area contributed by atoms with E-state index in [1.54, 1.807) is 11.3 Å². The van der Waals surface area contributed by atoms with E-state index in [4.69, 9.17) is 4.98 Å². The van der Waals surface area contributed by atoms with Crippen molar-refractivity contribution in [2.24, 2.45) is 0 Å². The lowest BCUT2D eigenvalue weighted by Crippen LogP contribution is -2.30. The minimum Gasteiger partial charge on any atom is -0.309 e. The quantitative estimate of drug-likeness (QED) is 0.765. The largest absolute Gasteiger partial charge is 0.309 e. The number of rotatable bonds is 3.